The van der Waals surface area contributed by atoms with Gasteiger partial charge in [-0.1, -0.05) is 13.0 Å². The predicted molar refractivity (Wildman–Crippen MR) is 93.9 cm³/mol. The summed E-state index contributed by atoms with van der Waals surface area (Å²) >= 11 is 0. The van der Waals surface area contributed by atoms with Gasteiger partial charge in [0.05, 0.1) is 0 Å². The number of amides is 3. The van der Waals surface area contributed by atoms with Gasteiger partial charge in [0.15, 0.2) is 0 Å². The summed E-state index contributed by atoms with van der Waals surface area (Å²) in [6, 6.07) is 7.30. The quantitative estimate of drug-likeness (QED) is 0.790. The lowest BCUT2D eigenvalue weighted by atomic mass is 9.92. The fourth-order valence-electron chi connectivity index (χ4n) is 3.22. The molecule has 2 unspecified atom stereocenters. The van der Waals surface area contributed by atoms with E-state index in [1.165, 1.54) is 0 Å². The highest BCUT2D eigenvalue weighted by Gasteiger charge is 2.29. The van der Waals surface area contributed by atoms with Gasteiger partial charge in [-0.05, 0) is 49.8 Å². The fraction of sp³-hybridized carbons (Fsp3) is 0.556. The van der Waals surface area contributed by atoms with Crippen molar-refractivity contribution in [3.63, 3.8) is 0 Å². The van der Waals surface area contributed by atoms with Crippen LogP contribution in [0.5, 0.6) is 0 Å². The van der Waals surface area contributed by atoms with Crippen LogP contribution in [-0.4, -0.2) is 42.0 Å². The van der Waals surface area contributed by atoms with Gasteiger partial charge in [0.1, 0.15) is 0 Å². The number of carbonyl (C=O) groups is 2. The molecule has 1 aliphatic heterocycles. The Labute approximate surface area is 142 Å². The Bertz CT molecular complexity index is 615. The van der Waals surface area contributed by atoms with Crippen molar-refractivity contribution < 1.29 is 9.59 Å². The predicted octanol–water partition coefficient (Wildman–Crippen LogP) is 2.17. The first kappa shape index (κ1) is 16.8. The zero-order chi connectivity index (χ0) is 17.1. The molecule has 6 heteroatoms. The van der Waals surface area contributed by atoms with Crippen LogP contribution in [0.2, 0.25) is 0 Å². The molecule has 0 radical (unpaired) electrons. The van der Waals surface area contributed by atoms with E-state index in [4.69, 9.17) is 5.73 Å². The van der Waals surface area contributed by atoms with Crippen molar-refractivity contribution in [3.8, 4) is 0 Å². The third-order valence-corrected chi connectivity index (χ3v) is 4.79. The maximum Gasteiger partial charge on any atom is 0.319 e. The van der Waals surface area contributed by atoms with Crippen molar-refractivity contribution in [2.75, 3.05) is 18.4 Å². The van der Waals surface area contributed by atoms with Crippen molar-refractivity contribution in [3.05, 3.63) is 29.8 Å². The van der Waals surface area contributed by atoms with Gasteiger partial charge in [-0.15, -0.1) is 0 Å². The van der Waals surface area contributed by atoms with Crippen LogP contribution in [0.25, 0.3) is 0 Å². The summed E-state index contributed by atoms with van der Waals surface area (Å²) in [6.45, 7) is 3.42. The lowest BCUT2D eigenvalue weighted by molar-refractivity contribution is 0.0573. The van der Waals surface area contributed by atoms with Crippen molar-refractivity contribution in [1.82, 2.24) is 10.2 Å². The van der Waals surface area contributed by atoms with Gasteiger partial charge >= 0.3 is 6.03 Å². The van der Waals surface area contributed by atoms with Crippen LogP contribution < -0.4 is 16.4 Å². The van der Waals surface area contributed by atoms with E-state index in [0.29, 0.717) is 29.8 Å². The fourth-order valence-corrected chi connectivity index (χ4v) is 3.22. The Morgan fingerprint density at radius 1 is 1.29 bits per heavy atom. The number of nitrogens with zero attached hydrogens (tertiary/aromatic N) is 1. The van der Waals surface area contributed by atoms with Gasteiger partial charge in [0.2, 0.25) is 0 Å². The maximum atomic E-state index is 12.8. The Hall–Kier alpha value is -2.08. The number of nitrogens with one attached hydrogen (secondary N) is 2. The van der Waals surface area contributed by atoms with Crippen LogP contribution >= 0.6 is 0 Å². The number of anilines is 1. The molecule has 2 atom stereocenters. The minimum Gasteiger partial charge on any atom is -0.335 e. The molecule has 1 heterocycles. The first-order valence-electron chi connectivity index (χ1n) is 8.75. The number of carbonyl (C=O) groups excluding carboxylic acids is 2. The number of rotatable bonds is 4. The Morgan fingerprint density at radius 2 is 2.08 bits per heavy atom. The monoisotopic (exact) mass is 330 g/mol. The average molecular weight is 330 g/mol. The molecule has 130 valence electrons. The number of nitrogens with two attached hydrogens (primary N) is 1. The van der Waals surface area contributed by atoms with E-state index >= 15 is 0 Å². The molecule has 4 N–H and O–H groups in total. The topological polar surface area (TPSA) is 87.5 Å². The highest BCUT2D eigenvalue weighted by Crippen LogP contribution is 2.24. The van der Waals surface area contributed by atoms with Gasteiger partial charge in [-0.25, -0.2) is 4.79 Å². The van der Waals surface area contributed by atoms with Gasteiger partial charge in [-0.2, -0.15) is 0 Å². The lowest BCUT2D eigenvalue weighted by Gasteiger charge is -2.38. The number of piperidine rings is 1. The summed E-state index contributed by atoms with van der Waals surface area (Å²) in [6.07, 6.45) is 4.04. The summed E-state index contributed by atoms with van der Waals surface area (Å²) in [5.74, 6) is 0.588. The van der Waals surface area contributed by atoms with Gasteiger partial charge in [0.25, 0.3) is 5.91 Å². The largest absolute Gasteiger partial charge is 0.335 e. The zero-order valence-electron chi connectivity index (χ0n) is 14.1. The minimum absolute atomic E-state index is 0.0106. The van der Waals surface area contributed by atoms with E-state index < -0.39 is 0 Å². The zero-order valence-corrected chi connectivity index (χ0v) is 14.1. The second kappa shape index (κ2) is 7.21. The van der Waals surface area contributed by atoms with E-state index in [0.717, 1.165) is 32.2 Å². The van der Waals surface area contributed by atoms with E-state index in [9.17, 15) is 9.59 Å². The molecule has 1 saturated heterocycles. The summed E-state index contributed by atoms with van der Waals surface area (Å²) in [7, 11) is 0. The van der Waals surface area contributed by atoms with Crippen LogP contribution in [0.1, 0.15) is 43.0 Å². The first-order valence-corrected chi connectivity index (χ1v) is 8.75. The van der Waals surface area contributed by atoms with Crippen LogP contribution in [0.15, 0.2) is 24.3 Å². The molecular weight excluding hydrogens is 304 g/mol. The number of urea groups is 1. The second-order valence-corrected chi connectivity index (χ2v) is 6.97. The molecule has 1 saturated carbocycles. The van der Waals surface area contributed by atoms with Gasteiger partial charge in [0, 0.05) is 36.4 Å². The summed E-state index contributed by atoms with van der Waals surface area (Å²) in [5.41, 5.74) is 7.08. The molecular formula is C18H26N4O2. The van der Waals surface area contributed by atoms with E-state index in [1.807, 2.05) is 4.90 Å². The van der Waals surface area contributed by atoms with Crippen molar-refractivity contribution >= 4 is 17.6 Å². The SMILES string of the molecule is CC1CCN(C(=O)c2cccc(NC(=O)NC3CC3)c2)C(CN)C1. The molecule has 1 aromatic rings. The average Bonchev–Trinajstić information content (AvgIpc) is 3.38. The number of benzene rings is 1. The van der Waals surface area contributed by atoms with E-state index in [1.54, 1.807) is 24.3 Å². The molecule has 2 aliphatic rings. The molecule has 2 fully saturated rings. The number of hydrogen-bond acceptors (Lipinski definition) is 3. The molecule has 6 nitrogen and oxygen atoms in total. The van der Waals surface area contributed by atoms with E-state index in [2.05, 4.69) is 17.6 Å². The van der Waals surface area contributed by atoms with Crippen molar-refractivity contribution in [2.24, 2.45) is 11.7 Å². The summed E-state index contributed by atoms with van der Waals surface area (Å²) < 4.78 is 0. The standard InChI is InChI=1S/C18H26N4O2/c1-12-7-8-22(16(9-12)11-19)17(23)13-3-2-4-15(10-13)21-18(24)20-14-5-6-14/h2-4,10,12,14,16H,5-9,11,19H2,1H3,(H2,20,21,24). The van der Waals surface area contributed by atoms with Crippen LogP contribution in [0.4, 0.5) is 10.5 Å². The molecule has 3 rings (SSSR count). The third kappa shape index (κ3) is 4.06. The summed E-state index contributed by atoms with van der Waals surface area (Å²) in [4.78, 5) is 26.6. The van der Waals surface area contributed by atoms with Gasteiger partial charge < -0.3 is 21.3 Å². The first-order chi connectivity index (χ1) is 11.6. The third-order valence-electron chi connectivity index (χ3n) is 4.79. The van der Waals surface area contributed by atoms with Crippen molar-refractivity contribution in [2.45, 2.75) is 44.7 Å². The Balaban J connectivity index is 1.67. The lowest BCUT2D eigenvalue weighted by Crippen LogP contribution is -2.49. The minimum atomic E-state index is -0.214. The highest BCUT2D eigenvalue weighted by atomic mass is 16.2. The second-order valence-electron chi connectivity index (χ2n) is 6.97. The summed E-state index contributed by atoms with van der Waals surface area (Å²) in [5, 5.41) is 5.67. The molecule has 3 amide bonds. The molecule has 24 heavy (non-hydrogen) atoms. The normalized spacial score (nSPS) is 23.7. The van der Waals surface area contributed by atoms with Crippen LogP contribution in [0, 0.1) is 5.92 Å². The Morgan fingerprint density at radius 3 is 2.79 bits per heavy atom. The molecule has 0 aromatic heterocycles. The highest BCUT2D eigenvalue weighted by molar-refractivity contribution is 5.97. The molecule has 0 spiro atoms. The van der Waals surface area contributed by atoms with Crippen LogP contribution in [-0.2, 0) is 0 Å². The molecule has 1 aromatic carbocycles. The molecule has 1 aliphatic carbocycles. The maximum absolute atomic E-state index is 12.8. The smallest absolute Gasteiger partial charge is 0.319 e. The number of hydrogen-bond donors (Lipinski definition) is 3. The van der Waals surface area contributed by atoms with Crippen LogP contribution in [0.3, 0.4) is 0 Å². The van der Waals surface area contributed by atoms with E-state index in [-0.39, 0.29) is 18.0 Å². The number of likely N-dealkylation sites (tertiary alicyclic amines) is 1. The van der Waals surface area contributed by atoms with Gasteiger partial charge in [-0.3, -0.25) is 4.79 Å². The molecule has 0 bridgehead atoms. The van der Waals surface area contributed by atoms with Crippen molar-refractivity contribution in [1.29, 1.82) is 0 Å². The Kier molecular flexibility index (Phi) is 5.04.